The number of hydrogen-bond acceptors (Lipinski definition) is 4. The average Bonchev–Trinajstić information content (AvgIpc) is 2.95. The van der Waals surface area contributed by atoms with E-state index in [1.165, 1.54) is 4.88 Å². The number of aromatic nitrogens is 3. The second-order valence-corrected chi connectivity index (χ2v) is 7.47. The van der Waals surface area contributed by atoms with Crippen LogP contribution in [-0.2, 0) is 13.0 Å². The van der Waals surface area contributed by atoms with E-state index in [-0.39, 0.29) is 6.04 Å². The maximum Gasteiger partial charge on any atom is 0.138 e. The number of halogens is 2. The molecule has 1 atom stereocenters. The number of nitrogens with one attached hydrogen (secondary N) is 1. The molecule has 104 valence electrons. The molecule has 0 fully saturated rings. The lowest BCUT2D eigenvalue weighted by Gasteiger charge is -2.14. The molecule has 2 rings (SSSR count). The van der Waals surface area contributed by atoms with Gasteiger partial charge in [0.2, 0.25) is 0 Å². The first-order chi connectivity index (χ1) is 9.15. The molecule has 19 heavy (non-hydrogen) atoms. The third-order valence-corrected chi connectivity index (χ3v) is 6.24. The fourth-order valence-electron chi connectivity index (χ4n) is 1.91. The summed E-state index contributed by atoms with van der Waals surface area (Å²) in [4.78, 5) is 5.65. The molecule has 0 aromatic carbocycles. The molecule has 0 amide bonds. The number of aryl methyl sites for hydroxylation is 1. The van der Waals surface area contributed by atoms with Crippen LogP contribution in [0.4, 0.5) is 0 Å². The minimum absolute atomic E-state index is 0.257. The molecule has 1 N–H and O–H groups in total. The molecule has 0 aliphatic rings. The molecular weight excluding hydrogens is 392 g/mol. The molecule has 2 aromatic rings. The third-order valence-electron chi connectivity index (χ3n) is 2.87. The monoisotopic (exact) mass is 406 g/mol. The fourth-order valence-corrected chi connectivity index (χ4v) is 4.11. The molecule has 2 heterocycles. The molecule has 0 aliphatic carbocycles. The highest BCUT2D eigenvalue weighted by molar-refractivity contribution is 9.13. The highest BCUT2D eigenvalue weighted by atomic mass is 79.9. The number of nitrogens with zero attached hydrogens (tertiary/aromatic N) is 3. The lowest BCUT2D eigenvalue weighted by Crippen LogP contribution is -2.20. The van der Waals surface area contributed by atoms with E-state index in [0.717, 1.165) is 33.5 Å². The van der Waals surface area contributed by atoms with Crippen molar-refractivity contribution in [3.8, 4) is 0 Å². The standard InChI is InChI=1S/C12H16Br2N4S/c1-3-4-18-11(16-7-17-18)6-9(15-2)10-5-8(13)12(14)19-10/h5,7,9,15H,3-4,6H2,1-2H3. The van der Waals surface area contributed by atoms with E-state index >= 15 is 0 Å². The van der Waals surface area contributed by atoms with Crippen molar-refractivity contribution in [2.45, 2.75) is 32.4 Å². The van der Waals surface area contributed by atoms with Gasteiger partial charge in [-0.15, -0.1) is 11.3 Å². The molecule has 7 heteroatoms. The second kappa shape index (κ2) is 6.97. The van der Waals surface area contributed by atoms with E-state index in [4.69, 9.17) is 0 Å². The number of thiophene rings is 1. The van der Waals surface area contributed by atoms with Crippen LogP contribution in [0.2, 0.25) is 0 Å². The minimum Gasteiger partial charge on any atom is -0.312 e. The molecule has 0 bridgehead atoms. The highest BCUT2D eigenvalue weighted by Crippen LogP contribution is 2.36. The summed E-state index contributed by atoms with van der Waals surface area (Å²) in [6.07, 6.45) is 3.55. The molecule has 1 unspecified atom stereocenters. The maximum absolute atomic E-state index is 4.37. The molecule has 0 aliphatic heterocycles. The van der Waals surface area contributed by atoms with Crippen molar-refractivity contribution in [1.29, 1.82) is 0 Å². The van der Waals surface area contributed by atoms with Crippen LogP contribution in [0.15, 0.2) is 20.7 Å². The van der Waals surface area contributed by atoms with Crippen LogP contribution in [0.3, 0.4) is 0 Å². The van der Waals surface area contributed by atoms with Crippen molar-refractivity contribution in [3.05, 3.63) is 31.4 Å². The molecule has 0 saturated carbocycles. The van der Waals surface area contributed by atoms with Gasteiger partial charge in [0.05, 0.1) is 3.79 Å². The van der Waals surface area contributed by atoms with Gasteiger partial charge >= 0.3 is 0 Å². The normalized spacial score (nSPS) is 12.8. The van der Waals surface area contributed by atoms with Crippen LogP contribution in [0.25, 0.3) is 0 Å². The van der Waals surface area contributed by atoms with Crippen LogP contribution in [0.5, 0.6) is 0 Å². The quantitative estimate of drug-likeness (QED) is 0.792. The van der Waals surface area contributed by atoms with Gasteiger partial charge in [-0.3, -0.25) is 4.68 Å². The van der Waals surface area contributed by atoms with Gasteiger partial charge in [-0.05, 0) is 51.4 Å². The van der Waals surface area contributed by atoms with Gasteiger partial charge in [0.25, 0.3) is 0 Å². The summed E-state index contributed by atoms with van der Waals surface area (Å²) in [5, 5.41) is 7.63. The summed E-state index contributed by atoms with van der Waals surface area (Å²) >= 11 is 8.81. The Morgan fingerprint density at radius 1 is 1.47 bits per heavy atom. The summed E-state index contributed by atoms with van der Waals surface area (Å²) in [5.74, 6) is 1.03. The minimum atomic E-state index is 0.257. The predicted octanol–water partition coefficient (Wildman–Crippen LogP) is 3.78. The molecule has 0 spiro atoms. The number of rotatable bonds is 6. The summed E-state index contributed by atoms with van der Waals surface area (Å²) in [7, 11) is 1.98. The van der Waals surface area contributed by atoms with Crippen LogP contribution in [-0.4, -0.2) is 21.8 Å². The first-order valence-electron chi connectivity index (χ1n) is 6.14. The predicted molar refractivity (Wildman–Crippen MR) is 85.5 cm³/mol. The molecule has 0 radical (unpaired) electrons. The van der Waals surface area contributed by atoms with Gasteiger partial charge in [-0.1, -0.05) is 6.92 Å². The second-order valence-electron chi connectivity index (χ2n) is 4.22. The lowest BCUT2D eigenvalue weighted by molar-refractivity contribution is 0.521. The van der Waals surface area contributed by atoms with Crippen molar-refractivity contribution in [1.82, 2.24) is 20.1 Å². The zero-order valence-electron chi connectivity index (χ0n) is 10.9. The summed E-state index contributed by atoms with van der Waals surface area (Å²) < 4.78 is 4.21. The lowest BCUT2D eigenvalue weighted by atomic mass is 10.1. The Morgan fingerprint density at radius 2 is 2.26 bits per heavy atom. The van der Waals surface area contributed by atoms with Gasteiger partial charge in [0.1, 0.15) is 12.2 Å². The number of likely N-dealkylation sites (N-methyl/N-ethyl adjacent to an activating group) is 1. The van der Waals surface area contributed by atoms with Gasteiger partial charge < -0.3 is 5.32 Å². The molecule has 4 nitrogen and oxygen atoms in total. The van der Waals surface area contributed by atoms with Crippen molar-refractivity contribution in [2.24, 2.45) is 0 Å². The molecule has 0 saturated heterocycles. The topological polar surface area (TPSA) is 42.7 Å². The molecular formula is C12H16Br2N4S. The summed E-state index contributed by atoms with van der Waals surface area (Å²) in [6.45, 7) is 3.07. The number of hydrogen-bond donors (Lipinski definition) is 1. The Hall–Kier alpha value is -0.240. The molecule has 2 aromatic heterocycles. The van der Waals surface area contributed by atoms with E-state index in [1.807, 2.05) is 11.7 Å². The Bertz CT molecular complexity index is 518. The van der Waals surface area contributed by atoms with Gasteiger partial charge in [0.15, 0.2) is 0 Å². The highest BCUT2D eigenvalue weighted by Gasteiger charge is 2.17. The van der Waals surface area contributed by atoms with E-state index < -0.39 is 0 Å². The van der Waals surface area contributed by atoms with Crippen LogP contribution in [0.1, 0.15) is 30.1 Å². The Kier molecular flexibility index (Phi) is 5.56. The average molecular weight is 408 g/mol. The fraction of sp³-hybridized carbons (Fsp3) is 0.500. The Labute approximate surface area is 133 Å². The van der Waals surface area contributed by atoms with Crippen molar-refractivity contribution < 1.29 is 0 Å². The summed E-state index contributed by atoms with van der Waals surface area (Å²) in [5.41, 5.74) is 0. The van der Waals surface area contributed by atoms with E-state index in [1.54, 1.807) is 17.7 Å². The zero-order valence-corrected chi connectivity index (χ0v) is 14.8. The van der Waals surface area contributed by atoms with E-state index in [2.05, 4.69) is 60.2 Å². The van der Waals surface area contributed by atoms with E-state index in [9.17, 15) is 0 Å². The largest absolute Gasteiger partial charge is 0.312 e. The van der Waals surface area contributed by atoms with Crippen molar-refractivity contribution >= 4 is 43.2 Å². The van der Waals surface area contributed by atoms with Crippen molar-refractivity contribution in [2.75, 3.05) is 7.05 Å². The first-order valence-corrected chi connectivity index (χ1v) is 8.54. The smallest absolute Gasteiger partial charge is 0.138 e. The van der Waals surface area contributed by atoms with Gasteiger partial charge in [0, 0.05) is 28.4 Å². The third kappa shape index (κ3) is 3.65. The zero-order chi connectivity index (χ0) is 13.8. The first kappa shape index (κ1) is 15.2. The SMILES string of the molecule is CCCn1ncnc1CC(NC)c1cc(Br)c(Br)s1. The Balaban J connectivity index is 2.16. The van der Waals surface area contributed by atoms with Gasteiger partial charge in [-0.25, -0.2) is 4.98 Å². The van der Waals surface area contributed by atoms with Gasteiger partial charge in [-0.2, -0.15) is 5.10 Å². The van der Waals surface area contributed by atoms with Crippen LogP contribution < -0.4 is 5.32 Å². The maximum atomic E-state index is 4.37. The van der Waals surface area contributed by atoms with Crippen LogP contribution in [0, 0.1) is 0 Å². The van der Waals surface area contributed by atoms with Crippen molar-refractivity contribution in [3.63, 3.8) is 0 Å². The van der Waals surface area contributed by atoms with Crippen LogP contribution >= 0.6 is 43.2 Å². The van der Waals surface area contributed by atoms with E-state index in [0.29, 0.717) is 0 Å². The Morgan fingerprint density at radius 3 is 2.84 bits per heavy atom. The summed E-state index contributed by atoms with van der Waals surface area (Å²) in [6, 6.07) is 2.41.